The molecule has 0 radical (unpaired) electrons. The highest BCUT2D eigenvalue weighted by Gasteiger charge is 1.94. The third-order valence-corrected chi connectivity index (χ3v) is 2.03. The lowest BCUT2D eigenvalue weighted by molar-refractivity contribution is 0.198. The van der Waals surface area contributed by atoms with Crippen molar-refractivity contribution in [3.8, 4) is 0 Å². The average Bonchev–Trinajstić information content (AvgIpc) is 2.64. The van der Waals surface area contributed by atoms with Crippen LogP contribution < -0.4 is 5.32 Å². The summed E-state index contributed by atoms with van der Waals surface area (Å²) in [7, 11) is 0. The van der Waals surface area contributed by atoms with Crippen molar-refractivity contribution in [1.29, 1.82) is 0 Å². The summed E-state index contributed by atoms with van der Waals surface area (Å²) in [5, 5.41) is 3.28. The monoisotopic (exact) mass is 157 g/mol. The average molecular weight is 157 g/mol. The summed E-state index contributed by atoms with van der Waals surface area (Å²) in [5.74, 6) is 0. The molecule has 0 amide bonds. The second-order valence-electron chi connectivity index (χ2n) is 3.13. The second kappa shape index (κ2) is 6.62. The largest absolute Gasteiger partial charge is 0.381 e. The Labute approximate surface area is 69.3 Å². The number of hydrogen-bond acceptors (Lipinski definition) is 2. The molecular weight excluding hydrogens is 138 g/mol. The van der Waals surface area contributed by atoms with Crippen molar-refractivity contribution in [3.05, 3.63) is 0 Å². The van der Waals surface area contributed by atoms with Gasteiger partial charge in [-0.05, 0) is 38.8 Å². The van der Waals surface area contributed by atoms with Crippen LogP contribution in [0.5, 0.6) is 0 Å². The maximum absolute atomic E-state index is 4.94. The molecule has 2 aliphatic heterocycles. The van der Waals surface area contributed by atoms with Gasteiger partial charge in [-0.25, -0.2) is 0 Å². The molecule has 0 bridgehead atoms. The summed E-state index contributed by atoms with van der Waals surface area (Å²) in [4.78, 5) is 0. The number of hydrogen-bond donors (Lipinski definition) is 1. The highest BCUT2D eigenvalue weighted by atomic mass is 16.5. The highest BCUT2D eigenvalue weighted by molar-refractivity contribution is 4.55. The van der Waals surface area contributed by atoms with Gasteiger partial charge in [0, 0.05) is 13.2 Å². The Kier molecular flexibility index (Phi) is 5.42. The van der Waals surface area contributed by atoms with Crippen LogP contribution >= 0.6 is 0 Å². The van der Waals surface area contributed by atoms with Crippen molar-refractivity contribution in [3.63, 3.8) is 0 Å². The Balaban J connectivity index is 0.000000112. The molecule has 0 spiro atoms. The van der Waals surface area contributed by atoms with Crippen LogP contribution in [-0.2, 0) is 4.74 Å². The molecule has 0 saturated carbocycles. The quantitative estimate of drug-likeness (QED) is 0.576. The molecule has 2 saturated heterocycles. The minimum Gasteiger partial charge on any atom is -0.381 e. The SMILES string of the molecule is C1CCNCC1.C1CCOC1. The zero-order valence-corrected chi connectivity index (χ0v) is 7.27. The van der Waals surface area contributed by atoms with E-state index >= 15 is 0 Å². The van der Waals surface area contributed by atoms with E-state index in [0.29, 0.717) is 0 Å². The van der Waals surface area contributed by atoms with Gasteiger partial charge in [0.1, 0.15) is 0 Å². The van der Waals surface area contributed by atoms with Gasteiger partial charge in [-0.2, -0.15) is 0 Å². The molecule has 0 aromatic heterocycles. The van der Waals surface area contributed by atoms with E-state index in [0.717, 1.165) is 13.2 Å². The van der Waals surface area contributed by atoms with Gasteiger partial charge in [0.25, 0.3) is 0 Å². The molecular formula is C9H19NO. The molecule has 0 unspecified atom stereocenters. The third-order valence-electron chi connectivity index (χ3n) is 2.03. The number of piperidine rings is 1. The molecule has 11 heavy (non-hydrogen) atoms. The van der Waals surface area contributed by atoms with Gasteiger partial charge in [-0.1, -0.05) is 6.42 Å². The van der Waals surface area contributed by atoms with Gasteiger partial charge < -0.3 is 10.1 Å². The topological polar surface area (TPSA) is 21.3 Å². The minimum absolute atomic E-state index is 1.00. The molecule has 66 valence electrons. The van der Waals surface area contributed by atoms with Crippen LogP contribution in [0, 0.1) is 0 Å². The first-order chi connectivity index (χ1) is 5.50. The molecule has 0 atom stereocenters. The molecule has 1 N–H and O–H groups in total. The second-order valence-corrected chi connectivity index (χ2v) is 3.13. The Morgan fingerprint density at radius 3 is 1.55 bits per heavy atom. The fraction of sp³-hybridized carbons (Fsp3) is 1.00. The van der Waals surface area contributed by atoms with E-state index in [1.54, 1.807) is 0 Å². The predicted molar refractivity (Wildman–Crippen MR) is 46.8 cm³/mol. The molecule has 2 aliphatic rings. The van der Waals surface area contributed by atoms with E-state index in [1.807, 2.05) is 0 Å². The van der Waals surface area contributed by atoms with Crippen LogP contribution in [0.25, 0.3) is 0 Å². The van der Waals surface area contributed by atoms with Gasteiger partial charge >= 0.3 is 0 Å². The Hall–Kier alpha value is -0.0800. The van der Waals surface area contributed by atoms with Crippen molar-refractivity contribution < 1.29 is 4.74 Å². The van der Waals surface area contributed by atoms with Gasteiger partial charge in [0.15, 0.2) is 0 Å². The van der Waals surface area contributed by atoms with Crippen LogP contribution in [0.15, 0.2) is 0 Å². The smallest absolute Gasteiger partial charge is 0.0466 e. The summed E-state index contributed by atoms with van der Waals surface area (Å²) in [6, 6.07) is 0. The van der Waals surface area contributed by atoms with Gasteiger partial charge in [-0.3, -0.25) is 0 Å². The lowest BCUT2D eigenvalue weighted by Gasteiger charge is -2.08. The van der Waals surface area contributed by atoms with Gasteiger partial charge in [0.05, 0.1) is 0 Å². The fourth-order valence-electron chi connectivity index (χ4n) is 1.31. The zero-order valence-electron chi connectivity index (χ0n) is 7.27. The number of nitrogens with one attached hydrogen (secondary N) is 1. The third kappa shape index (κ3) is 5.22. The van der Waals surface area contributed by atoms with Crippen molar-refractivity contribution in [2.24, 2.45) is 0 Å². The minimum atomic E-state index is 1.00. The molecule has 0 aromatic carbocycles. The summed E-state index contributed by atoms with van der Waals surface area (Å²) < 4.78 is 4.94. The van der Waals surface area contributed by atoms with Crippen molar-refractivity contribution in [2.45, 2.75) is 32.1 Å². The van der Waals surface area contributed by atoms with E-state index in [1.165, 1.54) is 45.2 Å². The van der Waals surface area contributed by atoms with Crippen LogP contribution in [0.2, 0.25) is 0 Å². The number of rotatable bonds is 0. The summed E-state index contributed by atoms with van der Waals surface area (Å²) >= 11 is 0. The van der Waals surface area contributed by atoms with Crippen LogP contribution in [0.4, 0.5) is 0 Å². The highest BCUT2D eigenvalue weighted by Crippen LogP contribution is 1.98. The van der Waals surface area contributed by atoms with Crippen molar-refractivity contribution >= 4 is 0 Å². The van der Waals surface area contributed by atoms with Crippen LogP contribution in [0.3, 0.4) is 0 Å². The zero-order chi connectivity index (χ0) is 7.78. The molecule has 2 nitrogen and oxygen atoms in total. The maximum atomic E-state index is 4.94. The van der Waals surface area contributed by atoms with Gasteiger partial charge in [0.2, 0.25) is 0 Å². The maximum Gasteiger partial charge on any atom is 0.0466 e. The first-order valence-electron chi connectivity index (χ1n) is 4.78. The number of ether oxygens (including phenoxy) is 1. The van der Waals surface area contributed by atoms with E-state index < -0.39 is 0 Å². The van der Waals surface area contributed by atoms with E-state index in [9.17, 15) is 0 Å². The summed E-state index contributed by atoms with van der Waals surface area (Å²) in [6.45, 7) is 4.50. The standard InChI is InChI=1S/C5H11N.C4H8O/c1-2-4-6-5-3-1;1-2-4-5-3-1/h6H,1-5H2;1-4H2. The lowest BCUT2D eigenvalue weighted by Crippen LogP contribution is -2.21. The first kappa shape index (κ1) is 9.01. The molecule has 2 fully saturated rings. The fourth-order valence-corrected chi connectivity index (χ4v) is 1.31. The molecule has 2 heterocycles. The molecule has 2 heteroatoms. The Morgan fingerprint density at radius 1 is 0.727 bits per heavy atom. The Morgan fingerprint density at radius 2 is 1.36 bits per heavy atom. The Bertz CT molecular complexity index is 58.5. The molecule has 2 rings (SSSR count). The normalized spacial score (nSPS) is 24.0. The van der Waals surface area contributed by atoms with E-state index in [4.69, 9.17) is 4.74 Å². The van der Waals surface area contributed by atoms with Crippen molar-refractivity contribution in [2.75, 3.05) is 26.3 Å². The lowest BCUT2D eigenvalue weighted by atomic mass is 10.2. The first-order valence-corrected chi connectivity index (χ1v) is 4.78. The summed E-state index contributed by atoms with van der Waals surface area (Å²) in [5.41, 5.74) is 0. The van der Waals surface area contributed by atoms with Crippen LogP contribution in [-0.4, -0.2) is 26.3 Å². The molecule has 0 aromatic rings. The van der Waals surface area contributed by atoms with E-state index in [2.05, 4.69) is 5.32 Å². The predicted octanol–water partition coefficient (Wildman–Crippen LogP) is 1.56. The molecule has 0 aliphatic carbocycles. The van der Waals surface area contributed by atoms with E-state index in [-0.39, 0.29) is 0 Å². The van der Waals surface area contributed by atoms with Crippen molar-refractivity contribution in [1.82, 2.24) is 5.32 Å². The summed E-state index contributed by atoms with van der Waals surface area (Å²) in [6.07, 6.45) is 6.77. The van der Waals surface area contributed by atoms with Crippen LogP contribution in [0.1, 0.15) is 32.1 Å². The van der Waals surface area contributed by atoms with Gasteiger partial charge in [-0.15, -0.1) is 0 Å².